The molecule has 19 heavy (non-hydrogen) atoms. The average Bonchev–Trinajstić information content (AvgIpc) is 3.00. The van der Waals surface area contributed by atoms with Crippen LogP contribution in [0.5, 0.6) is 0 Å². The van der Waals surface area contributed by atoms with Crippen LogP contribution in [0.1, 0.15) is 39.0 Å². The van der Waals surface area contributed by atoms with Crippen LogP contribution in [0.25, 0.3) is 0 Å². The molecule has 3 fully saturated rings. The molecule has 106 valence electrons. The van der Waals surface area contributed by atoms with Gasteiger partial charge in [0.1, 0.15) is 0 Å². The zero-order valence-electron chi connectivity index (χ0n) is 11.2. The van der Waals surface area contributed by atoms with E-state index in [1.807, 2.05) is 4.90 Å². The second kappa shape index (κ2) is 4.78. The third-order valence-corrected chi connectivity index (χ3v) is 4.59. The predicted molar refractivity (Wildman–Crippen MR) is 67.5 cm³/mol. The van der Waals surface area contributed by atoms with Gasteiger partial charge in [-0.2, -0.15) is 0 Å². The monoisotopic (exact) mass is 267 g/mol. The van der Waals surface area contributed by atoms with Crippen molar-refractivity contribution in [3.8, 4) is 0 Å². The van der Waals surface area contributed by atoms with Crippen molar-refractivity contribution < 1.29 is 19.4 Å². The molecule has 0 aromatic heterocycles. The van der Waals surface area contributed by atoms with E-state index in [0.717, 1.165) is 32.1 Å². The maximum atomic E-state index is 12.6. The molecule has 2 bridgehead atoms. The molecular weight excluding hydrogens is 246 g/mol. The van der Waals surface area contributed by atoms with Crippen LogP contribution in [-0.2, 0) is 14.3 Å². The number of carbonyl (C=O) groups is 2. The minimum Gasteiger partial charge on any atom is -0.481 e. The number of aliphatic carboxylic acids is 1. The number of nitrogens with zero attached hydrogens (tertiary/aromatic N) is 1. The van der Waals surface area contributed by atoms with Gasteiger partial charge in [0.15, 0.2) is 0 Å². The van der Waals surface area contributed by atoms with Crippen molar-refractivity contribution in [1.82, 2.24) is 4.90 Å². The van der Waals surface area contributed by atoms with Crippen molar-refractivity contribution in [2.24, 2.45) is 11.8 Å². The van der Waals surface area contributed by atoms with Crippen LogP contribution in [0.15, 0.2) is 0 Å². The fraction of sp³-hybridized carbons (Fsp3) is 0.857. The van der Waals surface area contributed by atoms with Crippen molar-refractivity contribution in [3.63, 3.8) is 0 Å². The first kappa shape index (κ1) is 12.9. The second-order valence-corrected chi connectivity index (χ2v) is 6.18. The predicted octanol–water partition coefficient (Wildman–Crippen LogP) is 1.27. The van der Waals surface area contributed by atoms with E-state index < -0.39 is 11.9 Å². The van der Waals surface area contributed by atoms with E-state index in [1.54, 1.807) is 6.92 Å². The molecule has 0 radical (unpaired) electrons. The van der Waals surface area contributed by atoms with Gasteiger partial charge in [0, 0.05) is 12.6 Å². The quantitative estimate of drug-likeness (QED) is 0.814. The van der Waals surface area contributed by atoms with Gasteiger partial charge in [0.25, 0.3) is 0 Å². The number of carbonyl (C=O) groups excluding carboxylic acids is 1. The molecule has 1 aliphatic carbocycles. The first-order valence-electron chi connectivity index (χ1n) is 7.25. The van der Waals surface area contributed by atoms with Gasteiger partial charge in [-0.15, -0.1) is 0 Å². The minimum atomic E-state index is -0.831. The standard InChI is InChI=1S/C14H21NO4/c1-8(14(17)18)7-15(9-2-3-9)13(16)11-6-10-4-5-12(11)19-10/h8-12H,2-7H2,1H3,(H,17,18). The summed E-state index contributed by atoms with van der Waals surface area (Å²) in [5, 5.41) is 9.02. The smallest absolute Gasteiger partial charge is 0.308 e. The van der Waals surface area contributed by atoms with Crippen LogP contribution < -0.4 is 0 Å². The van der Waals surface area contributed by atoms with E-state index in [-0.39, 0.29) is 30.1 Å². The third kappa shape index (κ3) is 2.48. The molecular formula is C14H21NO4. The molecule has 3 rings (SSSR count). The normalized spacial score (nSPS) is 34.3. The van der Waals surface area contributed by atoms with Gasteiger partial charge in [-0.05, 0) is 32.1 Å². The van der Waals surface area contributed by atoms with Crippen molar-refractivity contribution in [2.45, 2.75) is 57.3 Å². The van der Waals surface area contributed by atoms with Gasteiger partial charge in [0.05, 0.1) is 24.0 Å². The Morgan fingerprint density at radius 3 is 2.53 bits per heavy atom. The zero-order chi connectivity index (χ0) is 13.6. The number of carboxylic acid groups (broad SMARTS) is 1. The van der Waals surface area contributed by atoms with Gasteiger partial charge in [-0.25, -0.2) is 0 Å². The largest absolute Gasteiger partial charge is 0.481 e. The Bertz CT molecular complexity index is 393. The summed E-state index contributed by atoms with van der Waals surface area (Å²) >= 11 is 0. The first-order valence-corrected chi connectivity index (χ1v) is 7.25. The molecule has 0 aromatic rings. The van der Waals surface area contributed by atoms with E-state index >= 15 is 0 Å². The lowest BCUT2D eigenvalue weighted by molar-refractivity contribution is -0.144. The summed E-state index contributed by atoms with van der Waals surface area (Å²) in [6.45, 7) is 2.01. The van der Waals surface area contributed by atoms with Crippen LogP contribution in [0.3, 0.4) is 0 Å². The molecule has 5 nitrogen and oxygen atoms in total. The highest BCUT2D eigenvalue weighted by Gasteiger charge is 2.48. The second-order valence-electron chi connectivity index (χ2n) is 6.18. The van der Waals surface area contributed by atoms with Crippen LogP contribution in [0.2, 0.25) is 0 Å². The number of amides is 1. The Kier molecular flexibility index (Phi) is 3.25. The number of ether oxygens (including phenoxy) is 1. The van der Waals surface area contributed by atoms with Crippen molar-refractivity contribution in [2.75, 3.05) is 6.54 Å². The maximum Gasteiger partial charge on any atom is 0.308 e. The maximum absolute atomic E-state index is 12.6. The van der Waals surface area contributed by atoms with Gasteiger partial charge in [-0.3, -0.25) is 9.59 Å². The molecule has 4 atom stereocenters. The summed E-state index contributed by atoms with van der Waals surface area (Å²) in [5.41, 5.74) is 0. The van der Waals surface area contributed by atoms with Gasteiger partial charge in [-0.1, -0.05) is 6.92 Å². The fourth-order valence-corrected chi connectivity index (χ4v) is 3.29. The summed E-state index contributed by atoms with van der Waals surface area (Å²) in [6, 6.07) is 0.272. The molecule has 2 heterocycles. The molecule has 1 amide bonds. The summed E-state index contributed by atoms with van der Waals surface area (Å²) in [6.07, 6.45) is 5.25. The number of carboxylic acids is 1. The molecule has 3 aliphatic rings. The topological polar surface area (TPSA) is 66.8 Å². The van der Waals surface area contributed by atoms with Crippen molar-refractivity contribution in [3.05, 3.63) is 0 Å². The minimum absolute atomic E-state index is 0.0275. The summed E-state index contributed by atoms with van der Waals surface area (Å²) in [5.74, 6) is -1.23. The Morgan fingerprint density at radius 2 is 2.05 bits per heavy atom. The van der Waals surface area contributed by atoms with Crippen molar-refractivity contribution >= 4 is 11.9 Å². The van der Waals surface area contributed by atoms with Crippen LogP contribution in [-0.4, -0.2) is 46.7 Å². The molecule has 1 N–H and O–H groups in total. The Labute approximate surface area is 112 Å². The summed E-state index contributed by atoms with van der Waals surface area (Å²) in [7, 11) is 0. The zero-order valence-corrected chi connectivity index (χ0v) is 11.2. The molecule has 0 aromatic carbocycles. The highest BCUT2D eigenvalue weighted by molar-refractivity contribution is 5.81. The molecule has 1 saturated carbocycles. The molecule has 2 saturated heterocycles. The average molecular weight is 267 g/mol. The van der Waals surface area contributed by atoms with E-state index in [2.05, 4.69) is 0 Å². The highest BCUT2D eigenvalue weighted by atomic mass is 16.5. The van der Waals surface area contributed by atoms with E-state index in [4.69, 9.17) is 9.84 Å². The van der Waals surface area contributed by atoms with Crippen LogP contribution in [0.4, 0.5) is 0 Å². The third-order valence-electron chi connectivity index (χ3n) is 4.59. The van der Waals surface area contributed by atoms with Crippen molar-refractivity contribution in [1.29, 1.82) is 0 Å². The van der Waals surface area contributed by atoms with Crippen LogP contribution >= 0.6 is 0 Å². The first-order chi connectivity index (χ1) is 9.06. The summed E-state index contributed by atoms with van der Waals surface area (Å²) in [4.78, 5) is 25.4. The summed E-state index contributed by atoms with van der Waals surface area (Å²) < 4.78 is 5.74. The Morgan fingerprint density at radius 1 is 1.32 bits per heavy atom. The Balaban J connectivity index is 1.66. The number of rotatable bonds is 5. The van der Waals surface area contributed by atoms with Gasteiger partial charge < -0.3 is 14.7 Å². The number of fused-ring (bicyclic) bond motifs is 2. The molecule has 0 spiro atoms. The lowest BCUT2D eigenvalue weighted by Crippen LogP contribution is -2.44. The van der Waals surface area contributed by atoms with Crippen LogP contribution in [0, 0.1) is 11.8 Å². The SMILES string of the molecule is CC(CN(C(=O)C1CC2CCC1O2)C1CC1)C(=O)O. The lowest BCUT2D eigenvalue weighted by Gasteiger charge is -2.29. The van der Waals surface area contributed by atoms with Gasteiger partial charge >= 0.3 is 5.97 Å². The van der Waals surface area contributed by atoms with E-state index in [1.165, 1.54) is 0 Å². The lowest BCUT2D eigenvalue weighted by atomic mass is 9.88. The molecule has 5 heteroatoms. The number of hydrogen-bond donors (Lipinski definition) is 1. The molecule has 2 aliphatic heterocycles. The Hall–Kier alpha value is -1.10. The highest BCUT2D eigenvalue weighted by Crippen LogP contribution is 2.41. The number of hydrogen-bond acceptors (Lipinski definition) is 3. The van der Waals surface area contributed by atoms with Gasteiger partial charge in [0.2, 0.25) is 5.91 Å². The molecule has 4 unspecified atom stereocenters. The van der Waals surface area contributed by atoms with E-state index in [0.29, 0.717) is 6.54 Å². The fourth-order valence-electron chi connectivity index (χ4n) is 3.29. The van der Waals surface area contributed by atoms with E-state index in [9.17, 15) is 9.59 Å².